The van der Waals surface area contributed by atoms with Crippen LogP contribution in [0.3, 0.4) is 0 Å². The number of rotatable bonds is 7. The minimum absolute atomic E-state index is 0.0519. The van der Waals surface area contributed by atoms with Crippen molar-refractivity contribution in [3.05, 3.63) is 78.5 Å². The van der Waals surface area contributed by atoms with E-state index in [1.54, 1.807) is 30.3 Å². The summed E-state index contributed by atoms with van der Waals surface area (Å²) < 4.78 is 75.7. The molecular formula is C21H22F3N2O4S+. The zero-order chi connectivity index (χ0) is 22.7. The van der Waals surface area contributed by atoms with Crippen molar-refractivity contribution in [3.63, 3.8) is 0 Å². The Balaban J connectivity index is 2.11. The Morgan fingerprint density at radius 2 is 1.65 bits per heavy atom. The van der Waals surface area contributed by atoms with Crippen molar-refractivity contribution in [2.45, 2.75) is 12.4 Å². The van der Waals surface area contributed by atoms with Crippen LogP contribution in [0.5, 0.6) is 11.5 Å². The van der Waals surface area contributed by atoms with Crippen molar-refractivity contribution in [1.82, 2.24) is 3.89 Å². The third-order valence-electron chi connectivity index (χ3n) is 4.71. The van der Waals surface area contributed by atoms with Gasteiger partial charge >= 0.3 is 16.2 Å². The molecule has 0 aliphatic carbocycles. The van der Waals surface area contributed by atoms with Crippen LogP contribution in [0.1, 0.15) is 0 Å². The molecule has 0 fully saturated rings. The molecule has 1 heterocycles. The Kier molecular flexibility index (Phi) is 6.56. The number of para-hydroxylation sites is 1. The highest BCUT2D eigenvalue weighted by Gasteiger charge is 2.55. The summed E-state index contributed by atoms with van der Waals surface area (Å²) in [7, 11) is -3.63. The first-order valence-corrected chi connectivity index (χ1v) is 10.9. The average molecular weight is 455 g/mol. The van der Waals surface area contributed by atoms with Crippen molar-refractivity contribution in [1.29, 1.82) is 0 Å². The van der Waals surface area contributed by atoms with Gasteiger partial charge < -0.3 is 15.2 Å². The Morgan fingerprint density at radius 1 is 1.03 bits per heavy atom. The van der Waals surface area contributed by atoms with Crippen molar-refractivity contribution in [2.75, 3.05) is 19.4 Å². The molecule has 2 N–H and O–H groups in total. The first-order valence-electron chi connectivity index (χ1n) is 9.26. The predicted molar refractivity (Wildman–Crippen MR) is 112 cm³/mol. The molecule has 6 nitrogen and oxygen atoms in total. The van der Waals surface area contributed by atoms with Crippen molar-refractivity contribution in [3.8, 4) is 11.5 Å². The summed E-state index contributed by atoms with van der Waals surface area (Å²) in [5, 5.41) is 0. The molecule has 31 heavy (non-hydrogen) atoms. The lowest BCUT2D eigenvalue weighted by atomic mass is 10.1. The molecule has 0 radical (unpaired) electrons. The lowest BCUT2D eigenvalue weighted by Crippen LogP contribution is -2.60. The normalized spacial score (nSPS) is 21.6. The molecule has 166 valence electrons. The summed E-state index contributed by atoms with van der Waals surface area (Å²) in [5.41, 5.74) is 6.09. The number of hydrogen-bond donors (Lipinski definition) is 1. The van der Waals surface area contributed by atoms with E-state index in [1.807, 2.05) is 6.07 Å². The first-order chi connectivity index (χ1) is 14.6. The third-order valence-corrected chi connectivity index (χ3v) is 6.85. The lowest BCUT2D eigenvalue weighted by molar-refractivity contribution is -0.107. The zero-order valence-corrected chi connectivity index (χ0v) is 17.4. The van der Waals surface area contributed by atoms with E-state index < -0.39 is 32.1 Å². The van der Waals surface area contributed by atoms with Gasteiger partial charge in [0.05, 0.1) is 0 Å². The van der Waals surface area contributed by atoms with E-state index in [0.717, 1.165) is 0 Å². The molecule has 3 rings (SSSR count). The summed E-state index contributed by atoms with van der Waals surface area (Å²) >= 11 is 0. The second-order valence-electron chi connectivity index (χ2n) is 6.85. The molecule has 10 heteroatoms. The number of halogens is 3. The second kappa shape index (κ2) is 8.83. The molecule has 0 spiro atoms. The highest BCUT2D eigenvalue weighted by Crippen LogP contribution is 2.39. The number of hydrogen-bond acceptors (Lipinski definition) is 5. The molecule has 0 saturated carbocycles. The van der Waals surface area contributed by atoms with Gasteiger partial charge in [0.2, 0.25) is 6.23 Å². The zero-order valence-electron chi connectivity index (χ0n) is 16.6. The van der Waals surface area contributed by atoms with Crippen LogP contribution < -0.4 is 14.4 Å². The van der Waals surface area contributed by atoms with E-state index >= 15 is 0 Å². The number of benzene rings is 2. The van der Waals surface area contributed by atoms with E-state index in [9.17, 15) is 21.6 Å². The predicted octanol–water partition coefficient (Wildman–Crippen LogP) is 4.06. The van der Waals surface area contributed by atoms with Crippen molar-refractivity contribution < 1.29 is 31.1 Å². The molecule has 2 atom stereocenters. The van der Waals surface area contributed by atoms with Gasteiger partial charge in [0.15, 0.2) is 11.4 Å². The summed E-state index contributed by atoms with van der Waals surface area (Å²) in [6.45, 7) is -0.0519. The molecule has 2 aromatic rings. The fourth-order valence-corrected chi connectivity index (χ4v) is 5.20. The Labute approximate surface area is 178 Å². The number of methoxy groups -OCH3 is 1. The number of alkyl halides is 3. The molecule has 1 aliphatic rings. The Morgan fingerprint density at radius 3 is 2.19 bits per heavy atom. The molecule has 0 saturated heterocycles. The molecule has 2 aromatic carbocycles. The maximum atomic E-state index is 13.2. The van der Waals surface area contributed by atoms with Gasteiger partial charge in [0, 0.05) is 37.4 Å². The third kappa shape index (κ3) is 4.82. The summed E-state index contributed by atoms with van der Waals surface area (Å²) in [5.74, 6) is -1.07. The monoisotopic (exact) mass is 455 g/mol. The van der Waals surface area contributed by atoms with Gasteiger partial charge in [-0.3, -0.25) is 0 Å². The molecule has 1 aliphatic heterocycles. The minimum Gasteiger partial charge on any atom is -0.457 e. The fraction of sp³-hybridized carbons (Fsp3) is 0.238. The largest absolute Gasteiger partial charge is 0.457 e. The van der Waals surface area contributed by atoms with Gasteiger partial charge in [-0.1, -0.05) is 18.2 Å². The first kappa shape index (κ1) is 23.0. The smallest absolute Gasteiger partial charge is 0.408 e. The number of sulfonamides is 1. The lowest BCUT2D eigenvalue weighted by Gasteiger charge is -2.39. The van der Waals surface area contributed by atoms with Crippen LogP contribution in [0, 0.1) is 0 Å². The van der Waals surface area contributed by atoms with Gasteiger partial charge in [-0.2, -0.15) is 21.6 Å². The van der Waals surface area contributed by atoms with Gasteiger partial charge in [0.1, 0.15) is 17.7 Å². The van der Waals surface area contributed by atoms with E-state index in [2.05, 4.69) is 0 Å². The molecule has 0 bridgehead atoms. The van der Waals surface area contributed by atoms with Crippen LogP contribution in [0.4, 0.5) is 18.9 Å². The number of ether oxygens (including phenoxy) is 2. The number of nitrogens with two attached hydrogens (primary N) is 1. The van der Waals surface area contributed by atoms with Crippen LogP contribution in [0.15, 0.2) is 78.5 Å². The summed E-state index contributed by atoms with van der Waals surface area (Å²) in [4.78, 5) is 0. The summed E-state index contributed by atoms with van der Waals surface area (Å²) in [6, 6.07) is 14.7. The Bertz CT molecular complexity index is 1070. The molecule has 0 amide bonds. The van der Waals surface area contributed by atoms with Gasteiger partial charge in [-0.15, -0.1) is 3.89 Å². The van der Waals surface area contributed by atoms with E-state index in [0.29, 0.717) is 17.1 Å². The van der Waals surface area contributed by atoms with Crippen LogP contribution >= 0.6 is 0 Å². The van der Waals surface area contributed by atoms with Crippen LogP contribution in [0.25, 0.3) is 0 Å². The van der Waals surface area contributed by atoms with E-state index in [-0.39, 0.29) is 12.2 Å². The topological polar surface area (TPSA) is 78.6 Å². The summed E-state index contributed by atoms with van der Waals surface area (Å²) in [6.07, 6.45) is -2.03. The highest BCUT2D eigenvalue weighted by molar-refractivity contribution is 7.91. The fourth-order valence-electron chi connectivity index (χ4n) is 3.36. The number of quaternary nitrogens is 1. The van der Waals surface area contributed by atoms with Crippen LogP contribution in [0.2, 0.25) is 0 Å². The standard InChI is InChI=1S/C21H22F3N2O4S/c1-29-20-12-7-16(13-25)14-26(20,31(27,28)15-21(22,23)24)17-8-10-19(11-9-17)30-18-5-3-2-4-6-18/h2-12,14,20H,13,15,25H2,1H3/q+1. The van der Waals surface area contributed by atoms with Gasteiger partial charge in [0.25, 0.3) is 0 Å². The molecule has 2 unspecified atom stereocenters. The van der Waals surface area contributed by atoms with Crippen molar-refractivity contribution in [2.24, 2.45) is 5.73 Å². The van der Waals surface area contributed by atoms with E-state index in [1.165, 1.54) is 43.7 Å². The second-order valence-corrected chi connectivity index (χ2v) is 8.91. The molecule has 0 aromatic heterocycles. The highest BCUT2D eigenvalue weighted by atomic mass is 32.2. The maximum absolute atomic E-state index is 13.2. The number of nitrogens with zero attached hydrogens (tertiary/aromatic N) is 1. The van der Waals surface area contributed by atoms with Gasteiger partial charge in [-0.25, -0.2) is 0 Å². The van der Waals surface area contributed by atoms with Crippen molar-refractivity contribution >= 4 is 15.7 Å². The quantitative estimate of drug-likeness (QED) is 0.637. The van der Waals surface area contributed by atoms with Crippen LogP contribution in [-0.2, 0) is 14.8 Å². The SMILES string of the molecule is COC1C=CC(CN)=C[N+]1(c1ccc(Oc2ccccc2)cc1)S(=O)(=O)CC(F)(F)F. The molecular weight excluding hydrogens is 433 g/mol. The van der Waals surface area contributed by atoms with E-state index in [4.69, 9.17) is 15.2 Å². The Hall–Kier alpha value is -2.66. The maximum Gasteiger partial charge on any atom is 0.408 e. The average Bonchev–Trinajstić information content (AvgIpc) is 2.72. The van der Waals surface area contributed by atoms with Crippen LogP contribution in [-0.4, -0.2) is 40.2 Å². The van der Waals surface area contributed by atoms with Gasteiger partial charge in [-0.05, 0) is 30.3 Å². The minimum atomic E-state index is -4.93.